The van der Waals surface area contributed by atoms with E-state index in [-0.39, 0.29) is 6.04 Å². The van der Waals surface area contributed by atoms with E-state index in [9.17, 15) is 0 Å². The fourth-order valence-electron chi connectivity index (χ4n) is 2.35. The molecule has 0 spiro atoms. The van der Waals surface area contributed by atoms with Crippen molar-refractivity contribution in [3.05, 3.63) is 34.9 Å². The Labute approximate surface area is 109 Å². The molecule has 0 bridgehead atoms. The van der Waals surface area contributed by atoms with Gasteiger partial charge < -0.3 is 5.73 Å². The number of nitrogens with two attached hydrogens (primary N) is 1. The van der Waals surface area contributed by atoms with Crippen molar-refractivity contribution in [1.29, 1.82) is 0 Å². The van der Waals surface area contributed by atoms with Gasteiger partial charge in [-0.1, -0.05) is 32.0 Å². The summed E-state index contributed by atoms with van der Waals surface area (Å²) < 4.78 is 0. The van der Waals surface area contributed by atoms with Gasteiger partial charge in [0.2, 0.25) is 0 Å². The van der Waals surface area contributed by atoms with Gasteiger partial charge in [-0.3, -0.25) is 0 Å². The first kappa shape index (κ1) is 13.0. The van der Waals surface area contributed by atoms with Crippen molar-refractivity contribution in [2.24, 2.45) is 11.7 Å². The summed E-state index contributed by atoms with van der Waals surface area (Å²) in [4.78, 5) is 0. The van der Waals surface area contributed by atoms with Gasteiger partial charge in [0.1, 0.15) is 0 Å². The van der Waals surface area contributed by atoms with Crippen molar-refractivity contribution in [2.75, 3.05) is 11.5 Å². The summed E-state index contributed by atoms with van der Waals surface area (Å²) in [6.45, 7) is 4.52. The molecule has 0 fully saturated rings. The quantitative estimate of drug-likeness (QED) is 0.863. The Balaban J connectivity index is 1.92. The zero-order valence-corrected chi connectivity index (χ0v) is 11.7. The molecule has 0 heterocycles. The Morgan fingerprint density at radius 2 is 1.94 bits per heavy atom. The molecular weight excluding hydrogens is 226 g/mol. The van der Waals surface area contributed by atoms with Gasteiger partial charge in [-0.2, -0.15) is 11.8 Å². The Morgan fingerprint density at radius 1 is 1.18 bits per heavy atom. The molecule has 1 unspecified atom stereocenters. The molecule has 0 aliphatic heterocycles. The predicted molar refractivity (Wildman–Crippen MR) is 77.6 cm³/mol. The normalized spacial score (nSPS) is 16.2. The van der Waals surface area contributed by atoms with E-state index < -0.39 is 0 Å². The van der Waals surface area contributed by atoms with Gasteiger partial charge in [0.15, 0.2) is 0 Å². The van der Waals surface area contributed by atoms with Gasteiger partial charge in [0, 0.05) is 11.8 Å². The highest BCUT2D eigenvalue weighted by Crippen LogP contribution is 2.26. The van der Waals surface area contributed by atoms with Crippen LogP contribution >= 0.6 is 11.8 Å². The maximum absolute atomic E-state index is 6.25. The van der Waals surface area contributed by atoms with Crippen molar-refractivity contribution < 1.29 is 0 Å². The van der Waals surface area contributed by atoms with Crippen molar-refractivity contribution in [1.82, 2.24) is 0 Å². The lowest BCUT2D eigenvalue weighted by Crippen LogP contribution is -2.14. The minimum Gasteiger partial charge on any atom is -0.323 e. The SMILES string of the molecule is CC(C)CSCC(N)c1ccc2c(c1)CCC2. The van der Waals surface area contributed by atoms with E-state index in [1.807, 2.05) is 11.8 Å². The van der Waals surface area contributed by atoms with Gasteiger partial charge >= 0.3 is 0 Å². The highest BCUT2D eigenvalue weighted by atomic mass is 32.2. The van der Waals surface area contributed by atoms with E-state index >= 15 is 0 Å². The zero-order valence-electron chi connectivity index (χ0n) is 10.9. The number of hydrogen-bond acceptors (Lipinski definition) is 2. The lowest BCUT2D eigenvalue weighted by molar-refractivity contribution is 0.746. The molecule has 1 nitrogen and oxygen atoms in total. The van der Waals surface area contributed by atoms with Crippen LogP contribution in [0, 0.1) is 5.92 Å². The number of rotatable bonds is 5. The minimum absolute atomic E-state index is 0.199. The van der Waals surface area contributed by atoms with Crippen LogP contribution in [-0.4, -0.2) is 11.5 Å². The average molecular weight is 249 g/mol. The van der Waals surface area contributed by atoms with E-state index in [1.165, 1.54) is 41.7 Å². The van der Waals surface area contributed by atoms with E-state index in [4.69, 9.17) is 5.73 Å². The third kappa shape index (κ3) is 3.49. The molecule has 2 rings (SSSR count). The van der Waals surface area contributed by atoms with Gasteiger partial charge in [-0.15, -0.1) is 0 Å². The van der Waals surface area contributed by atoms with E-state index in [0.717, 1.165) is 11.7 Å². The molecule has 1 aromatic carbocycles. The maximum Gasteiger partial charge on any atom is 0.0386 e. The summed E-state index contributed by atoms with van der Waals surface area (Å²) >= 11 is 1.97. The first-order valence-electron chi connectivity index (χ1n) is 6.62. The lowest BCUT2D eigenvalue weighted by atomic mass is 10.0. The van der Waals surface area contributed by atoms with Crippen LogP contribution in [0.4, 0.5) is 0 Å². The summed E-state index contributed by atoms with van der Waals surface area (Å²) in [5.74, 6) is 3.00. The minimum atomic E-state index is 0.199. The van der Waals surface area contributed by atoms with Crippen molar-refractivity contribution in [2.45, 2.75) is 39.2 Å². The number of benzene rings is 1. The molecular formula is C15H23NS. The molecule has 1 aromatic rings. The van der Waals surface area contributed by atoms with Crippen LogP contribution in [0.1, 0.15) is 43.0 Å². The highest BCUT2D eigenvalue weighted by molar-refractivity contribution is 7.99. The second-order valence-corrected chi connectivity index (χ2v) is 6.49. The fourth-order valence-corrected chi connectivity index (χ4v) is 3.40. The number of thioether (sulfide) groups is 1. The van der Waals surface area contributed by atoms with Crippen LogP contribution in [-0.2, 0) is 12.8 Å². The van der Waals surface area contributed by atoms with Crippen LogP contribution in [0.3, 0.4) is 0 Å². The Bertz CT molecular complexity index is 373. The standard InChI is InChI=1S/C15H23NS/c1-11(2)9-17-10-15(16)14-7-6-12-4-3-5-13(12)8-14/h6-8,11,15H,3-5,9-10,16H2,1-2H3. The average Bonchev–Trinajstić information content (AvgIpc) is 2.75. The van der Waals surface area contributed by atoms with Crippen molar-refractivity contribution >= 4 is 11.8 Å². The molecule has 1 atom stereocenters. The molecule has 0 radical (unpaired) electrons. The summed E-state index contributed by atoms with van der Waals surface area (Å²) in [6, 6.07) is 7.04. The first-order valence-corrected chi connectivity index (χ1v) is 7.77. The van der Waals surface area contributed by atoms with Crippen LogP contribution in [0.2, 0.25) is 0 Å². The van der Waals surface area contributed by atoms with Crippen molar-refractivity contribution in [3.8, 4) is 0 Å². The summed E-state index contributed by atoms with van der Waals surface area (Å²) in [5, 5.41) is 0. The smallest absolute Gasteiger partial charge is 0.0386 e. The third-order valence-electron chi connectivity index (χ3n) is 3.30. The van der Waals surface area contributed by atoms with E-state index in [1.54, 1.807) is 0 Å². The van der Waals surface area contributed by atoms with Crippen LogP contribution in [0.15, 0.2) is 18.2 Å². The number of aryl methyl sites for hydroxylation is 2. The maximum atomic E-state index is 6.25. The van der Waals surface area contributed by atoms with Gasteiger partial charge in [-0.25, -0.2) is 0 Å². The predicted octanol–water partition coefficient (Wildman–Crippen LogP) is 3.56. The third-order valence-corrected chi connectivity index (χ3v) is 4.80. The Kier molecular flexibility index (Phi) is 4.52. The molecule has 94 valence electrons. The summed E-state index contributed by atoms with van der Waals surface area (Å²) in [5.41, 5.74) is 10.6. The van der Waals surface area contributed by atoms with Crippen molar-refractivity contribution in [3.63, 3.8) is 0 Å². The zero-order chi connectivity index (χ0) is 12.3. The van der Waals surface area contributed by atoms with Crippen LogP contribution in [0.5, 0.6) is 0 Å². The monoisotopic (exact) mass is 249 g/mol. The molecule has 0 saturated heterocycles. The summed E-state index contributed by atoms with van der Waals surface area (Å²) in [7, 11) is 0. The number of hydrogen-bond donors (Lipinski definition) is 1. The molecule has 0 amide bonds. The topological polar surface area (TPSA) is 26.0 Å². The second-order valence-electron chi connectivity index (χ2n) is 5.42. The molecule has 0 saturated carbocycles. The Hall–Kier alpha value is -0.470. The molecule has 17 heavy (non-hydrogen) atoms. The van der Waals surface area contributed by atoms with Crippen LogP contribution in [0.25, 0.3) is 0 Å². The molecule has 0 aromatic heterocycles. The lowest BCUT2D eigenvalue weighted by Gasteiger charge is -2.14. The van der Waals surface area contributed by atoms with E-state index in [0.29, 0.717) is 0 Å². The van der Waals surface area contributed by atoms with E-state index in [2.05, 4.69) is 32.0 Å². The second kappa shape index (κ2) is 5.92. The Morgan fingerprint density at radius 3 is 2.71 bits per heavy atom. The fraction of sp³-hybridized carbons (Fsp3) is 0.600. The van der Waals surface area contributed by atoms with Gasteiger partial charge in [0.25, 0.3) is 0 Å². The van der Waals surface area contributed by atoms with Crippen LogP contribution < -0.4 is 5.73 Å². The number of fused-ring (bicyclic) bond motifs is 1. The molecule has 1 aliphatic rings. The molecule has 1 aliphatic carbocycles. The summed E-state index contributed by atoms with van der Waals surface area (Å²) in [6.07, 6.45) is 3.82. The first-order chi connectivity index (χ1) is 8.16. The molecule has 2 N–H and O–H groups in total. The molecule has 2 heteroatoms. The van der Waals surface area contributed by atoms with Gasteiger partial charge in [-0.05, 0) is 47.6 Å². The largest absolute Gasteiger partial charge is 0.323 e. The van der Waals surface area contributed by atoms with Gasteiger partial charge in [0.05, 0.1) is 0 Å². The highest BCUT2D eigenvalue weighted by Gasteiger charge is 2.13.